The maximum atomic E-state index is 13.3. The monoisotopic (exact) mass is 429 g/mol. The molecular formula is C22H24ClN3O4. The van der Waals surface area contributed by atoms with Crippen LogP contribution in [-0.4, -0.2) is 55.9 Å². The van der Waals surface area contributed by atoms with Gasteiger partial charge in [0.05, 0.1) is 38.8 Å². The molecule has 2 aromatic rings. The predicted octanol–water partition coefficient (Wildman–Crippen LogP) is 0.502. The first-order valence-electron chi connectivity index (χ1n) is 9.64. The molecule has 0 spiro atoms. The van der Waals surface area contributed by atoms with E-state index < -0.39 is 23.5 Å². The standard InChI is InChI=1S/C22H24ClN3O4/c1-25(2)10-5-11-26-19(15-6-4-9-24-13-15)18(21(28)22(26)29)20(27)14-7-8-17(30-3)16(23)12-14/h4,6-9,12-13,19,27H,5,10-11H2,1-3H3/b20-18+. The second-order valence-electron chi connectivity index (χ2n) is 7.42. The number of carbonyl (C=O) groups excluding carboxylic acids is 2. The Balaban J connectivity index is 2.08. The highest BCUT2D eigenvalue weighted by atomic mass is 35.5. The van der Waals surface area contributed by atoms with Gasteiger partial charge in [0, 0.05) is 30.9 Å². The number of amides is 1. The van der Waals surface area contributed by atoms with E-state index in [1.54, 1.807) is 30.6 Å². The number of aromatic nitrogens is 1. The van der Waals surface area contributed by atoms with Crippen molar-refractivity contribution >= 4 is 29.1 Å². The summed E-state index contributed by atoms with van der Waals surface area (Å²) in [5, 5.41) is 13.6. The Bertz CT molecular complexity index is 976. The molecule has 158 valence electrons. The van der Waals surface area contributed by atoms with Crippen LogP contribution < -0.4 is 14.7 Å². The van der Waals surface area contributed by atoms with E-state index in [-0.39, 0.29) is 16.2 Å². The van der Waals surface area contributed by atoms with Crippen LogP contribution in [0, 0.1) is 0 Å². The van der Waals surface area contributed by atoms with Crippen molar-refractivity contribution in [2.24, 2.45) is 0 Å². The first kappa shape index (κ1) is 21.8. The number of quaternary nitrogens is 1. The zero-order chi connectivity index (χ0) is 21.8. The SMILES string of the molecule is COc1ccc(/C([O-])=C2\C(=O)C(=O)N(CCC[NH+](C)C)C2c2cccnc2)cc1Cl. The zero-order valence-corrected chi connectivity index (χ0v) is 17.9. The Morgan fingerprint density at radius 3 is 2.67 bits per heavy atom. The molecule has 1 atom stereocenters. The van der Waals surface area contributed by atoms with Crippen LogP contribution in [0.5, 0.6) is 5.75 Å². The number of methoxy groups -OCH3 is 1. The molecule has 1 saturated heterocycles. The molecule has 1 aliphatic rings. The molecule has 1 unspecified atom stereocenters. The third-order valence-electron chi connectivity index (χ3n) is 5.02. The van der Waals surface area contributed by atoms with Crippen LogP contribution in [0.3, 0.4) is 0 Å². The van der Waals surface area contributed by atoms with Crippen molar-refractivity contribution in [1.82, 2.24) is 9.88 Å². The zero-order valence-electron chi connectivity index (χ0n) is 17.1. The fraction of sp³-hybridized carbons (Fsp3) is 0.318. The number of ether oxygens (including phenoxy) is 1. The van der Waals surface area contributed by atoms with Crippen molar-refractivity contribution in [3.8, 4) is 5.75 Å². The number of pyridine rings is 1. The van der Waals surface area contributed by atoms with Crippen LogP contribution in [0.2, 0.25) is 5.02 Å². The number of hydrogen-bond donors (Lipinski definition) is 1. The van der Waals surface area contributed by atoms with E-state index in [2.05, 4.69) is 4.98 Å². The third kappa shape index (κ3) is 4.32. The van der Waals surface area contributed by atoms with E-state index in [0.29, 0.717) is 24.3 Å². The average molecular weight is 430 g/mol. The molecule has 1 aliphatic heterocycles. The Morgan fingerprint density at radius 1 is 1.30 bits per heavy atom. The fourth-order valence-corrected chi connectivity index (χ4v) is 3.81. The fourth-order valence-electron chi connectivity index (χ4n) is 3.55. The summed E-state index contributed by atoms with van der Waals surface area (Å²) in [5.41, 5.74) is 0.772. The summed E-state index contributed by atoms with van der Waals surface area (Å²) in [6.45, 7) is 1.20. The molecule has 1 amide bonds. The van der Waals surface area contributed by atoms with Crippen LogP contribution in [-0.2, 0) is 9.59 Å². The number of hydrogen-bond acceptors (Lipinski definition) is 5. The number of Topliss-reactive ketones (excluding diaryl/α,β-unsaturated/α-hetero) is 1. The van der Waals surface area contributed by atoms with E-state index in [9.17, 15) is 14.7 Å². The van der Waals surface area contributed by atoms with Crippen LogP contribution in [0.15, 0.2) is 48.3 Å². The Morgan fingerprint density at radius 2 is 2.07 bits per heavy atom. The first-order chi connectivity index (χ1) is 14.3. The number of nitrogens with zero attached hydrogens (tertiary/aromatic N) is 2. The Kier molecular flexibility index (Phi) is 6.74. The molecule has 1 fully saturated rings. The van der Waals surface area contributed by atoms with Crippen LogP contribution in [0.25, 0.3) is 5.76 Å². The smallest absolute Gasteiger partial charge is 0.295 e. The summed E-state index contributed by atoms with van der Waals surface area (Å²) < 4.78 is 5.12. The van der Waals surface area contributed by atoms with E-state index in [1.165, 1.54) is 29.0 Å². The minimum atomic E-state index is -0.780. The Hall–Kier alpha value is -2.90. The molecule has 2 heterocycles. The molecule has 0 radical (unpaired) electrons. The summed E-state index contributed by atoms with van der Waals surface area (Å²) in [4.78, 5) is 32.5. The van der Waals surface area contributed by atoms with Gasteiger partial charge >= 0.3 is 0 Å². The summed E-state index contributed by atoms with van der Waals surface area (Å²) in [7, 11) is 5.51. The molecule has 0 bridgehead atoms. The van der Waals surface area contributed by atoms with Gasteiger partial charge in [-0.2, -0.15) is 0 Å². The topological polar surface area (TPSA) is 87.0 Å². The molecule has 0 aliphatic carbocycles. The van der Waals surface area contributed by atoms with Crippen molar-refractivity contribution in [3.05, 3.63) is 64.4 Å². The normalized spacial score (nSPS) is 18.3. The highest BCUT2D eigenvalue weighted by Crippen LogP contribution is 2.39. The van der Waals surface area contributed by atoms with E-state index in [1.807, 2.05) is 14.1 Å². The molecular weight excluding hydrogens is 406 g/mol. The lowest BCUT2D eigenvalue weighted by Crippen LogP contribution is -3.05. The maximum absolute atomic E-state index is 13.3. The van der Waals surface area contributed by atoms with E-state index in [0.717, 1.165) is 6.54 Å². The number of benzene rings is 1. The van der Waals surface area contributed by atoms with Crippen molar-refractivity contribution in [1.29, 1.82) is 0 Å². The summed E-state index contributed by atoms with van der Waals surface area (Å²) in [6, 6.07) is 7.26. The van der Waals surface area contributed by atoms with Crippen molar-refractivity contribution < 1.29 is 24.3 Å². The molecule has 1 aromatic carbocycles. The van der Waals surface area contributed by atoms with Gasteiger partial charge in [0.2, 0.25) is 5.78 Å². The lowest BCUT2D eigenvalue weighted by atomic mass is 9.96. The maximum Gasteiger partial charge on any atom is 0.295 e. The van der Waals surface area contributed by atoms with Crippen LogP contribution in [0.1, 0.15) is 23.6 Å². The number of rotatable bonds is 7. The molecule has 30 heavy (non-hydrogen) atoms. The van der Waals surface area contributed by atoms with Crippen molar-refractivity contribution in [2.75, 3.05) is 34.3 Å². The minimum Gasteiger partial charge on any atom is -0.872 e. The molecule has 7 nitrogen and oxygen atoms in total. The second kappa shape index (κ2) is 9.28. The molecule has 0 saturated carbocycles. The first-order valence-corrected chi connectivity index (χ1v) is 10.0. The Labute approximate surface area is 180 Å². The summed E-state index contributed by atoms with van der Waals surface area (Å²) in [6.07, 6.45) is 3.88. The van der Waals surface area contributed by atoms with Crippen molar-refractivity contribution in [2.45, 2.75) is 12.5 Å². The largest absolute Gasteiger partial charge is 0.872 e. The third-order valence-corrected chi connectivity index (χ3v) is 5.31. The summed E-state index contributed by atoms with van der Waals surface area (Å²) >= 11 is 6.16. The number of carbonyl (C=O) groups is 2. The van der Waals surface area contributed by atoms with Gasteiger partial charge < -0.3 is 19.6 Å². The van der Waals surface area contributed by atoms with Gasteiger partial charge in [0.15, 0.2) is 0 Å². The van der Waals surface area contributed by atoms with E-state index >= 15 is 0 Å². The molecule has 1 N–H and O–H groups in total. The van der Waals surface area contributed by atoms with Gasteiger partial charge in [-0.15, -0.1) is 0 Å². The van der Waals surface area contributed by atoms with Crippen LogP contribution >= 0.6 is 11.6 Å². The number of likely N-dealkylation sites (tertiary alicyclic amines) is 1. The van der Waals surface area contributed by atoms with Gasteiger partial charge in [-0.05, 0) is 29.3 Å². The highest BCUT2D eigenvalue weighted by Gasteiger charge is 2.44. The molecule has 8 heteroatoms. The minimum absolute atomic E-state index is 0.0774. The average Bonchev–Trinajstić information content (AvgIpc) is 2.98. The second-order valence-corrected chi connectivity index (χ2v) is 7.83. The van der Waals surface area contributed by atoms with E-state index in [4.69, 9.17) is 16.3 Å². The summed E-state index contributed by atoms with van der Waals surface area (Å²) in [5.74, 6) is -1.55. The number of ketones is 1. The molecule has 1 aromatic heterocycles. The highest BCUT2D eigenvalue weighted by molar-refractivity contribution is 6.46. The van der Waals surface area contributed by atoms with Gasteiger partial charge in [0.25, 0.3) is 5.91 Å². The van der Waals surface area contributed by atoms with Crippen LogP contribution in [0.4, 0.5) is 0 Å². The lowest BCUT2D eigenvalue weighted by Gasteiger charge is -2.27. The quantitative estimate of drug-likeness (QED) is 0.393. The number of halogens is 1. The number of nitrogens with one attached hydrogen (secondary N) is 1. The van der Waals surface area contributed by atoms with Gasteiger partial charge in [-0.25, -0.2) is 0 Å². The van der Waals surface area contributed by atoms with Gasteiger partial charge in [-0.1, -0.05) is 29.5 Å². The van der Waals surface area contributed by atoms with Crippen molar-refractivity contribution in [3.63, 3.8) is 0 Å². The molecule has 3 rings (SSSR count). The van der Waals surface area contributed by atoms with Gasteiger partial charge in [0.1, 0.15) is 5.75 Å². The predicted molar refractivity (Wildman–Crippen MR) is 111 cm³/mol. The lowest BCUT2D eigenvalue weighted by molar-refractivity contribution is -0.858. The van der Waals surface area contributed by atoms with Gasteiger partial charge in [-0.3, -0.25) is 14.6 Å².